The van der Waals surface area contributed by atoms with E-state index in [1.165, 1.54) is 0 Å². The largest absolute Gasteiger partial charge is 0.385 e. The van der Waals surface area contributed by atoms with Crippen LogP contribution in [0.3, 0.4) is 0 Å². The Morgan fingerprint density at radius 2 is 2.00 bits per heavy atom. The van der Waals surface area contributed by atoms with E-state index in [9.17, 15) is 0 Å². The summed E-state index contributed by atoms with van der Waals surface area (Å²) < 4.78 is 10.6. The normalized spacial score (nSPS) is 17.8. The van der Waals surface area contributed by atoms with Crippen LogP contribution in [0.1, 0.15) is 27.2 Å². The monoisotopic (exact) mass is 204 g/mol. The molecule has 0 spiro atoms. The van der Waals surface area contributed by atoms with Crippen LogP contribution in [0.5, 0.6) is 0 Å². The van der Waals surface area contributed by atoms with E-state index in [1.54, 1.807) is 7.11 Å². The molecular weight excluding hydrogens is 180 g/mol. The standard InChI is InChI=1S/C10H24N2O2/c1-5-14-9(3)10(12-11)8(2)6-7-13-4/h8-10,12H,5-7,11H2,1-4H3. The lowest BCUT2D eigenvalue weighted by atomic mass is 9.95. The van der Waals surface area contributed by atoms with Gasteiger partial charge in [-0.3, -0.25) is 11.3 Å². The van der Waals surface area contributed by atoms with Gasteiger partial charge in [0, 0.05) is 26.4 Å². The predicted octanol–water partition coefficient (Wildman–Crippen LogP) is 0.916. The van der Waals surface area contributed by atoms with E-state index in [0.29, 0.717) is 5.92 Å². The molecule has 3 atom stereocenters. The highest BCUT2D eigenvalue weighted by Crippen LogP contribution is 2.13. The number of hydrogen-bond donors (Lipinski definition) is 2. The molecule has 3 N–H and O–H groups in total. The molecule has 0 heterocycles. The quantitative estimate of drug-likeness (QED) is 0.456. The van der Waals surface area contributed by atoms with Gasteiger partial charge in [0.25, 0.3) is 0 Å². The van der Waals surface area contributed by atoms with Gasteiger partial charge in [-0.1, -0.05) is 6.92 Å². The van der Waals surface area contributed by atoms with Crippen molar-refractivity contribution in [2.45, 2.75) is 39.3 Å². The Kier molecular flexibility index (Phi) is 8.08. The molecule has 0 aliphatic rings. The molecule has 0 amide bonds. The summed E-state index contributed by atoms with van der Waals surface area (Å²) in [6.07, 6.45) is 1.12. The maximum Gasteiger partial charge on any atom is 0.0715 e. The number of ether oxygens (including phenoxy) is 2. The highest BCUT2D eigenvalue weighted by Gasteiger charge is 2.22. The van der Waals surface area contributed by atoms with Gasteiger partial charge < -0.3 is 9.47 Å². The fraction of sp³-hybridized carbons (Fsp3) is 1.00. The third-order valence-electron chi connectivity index (χ3n) is 2.52. The molecule has 4 nitrogen and oxygen atoms in total. The zero-order valence-corrected chi connectivity index (χ0v) is 9.75. The van der Waals surface area contributed by atoms with Crippen LogP contribution in [0.25, 0.3) is 0 Å². The molecule has 0 aromatic rings. The lowest BCUT2D eigenvalue weighted by Crippen LogP contribution is -2.48. The van der Waals surface area contributed by atoms with Gasteiger partial charge >= 0.3 is 0 Å². The molecule has 0 aliphatic heterocycles. The van der Waals surface area contributed by atoms with E-state index in [4.69, 9.17) is 15.3 Å². The van der Waals surface area contributed by atoms with Gasteiger partial charge in [0.05, 0.1) is 6.10 Å². The van der Waals surface area contributed by atoms with Crippen molar-refractivity contribution in [1.82, 2.24) is 5.43 Å². The van der Waals surface area contributed by atoms with Crippen LogP contribution in [0.2, 0.25) is 0 Å². The first kappa shape index (κ1) is 13.8. The molecule has 14 heavy (non-hydrogen) atoms. The number of hydrogen-bond acceptors (Lipinski definition) is 4. The molecule has 0 aromatic carbocycles. The SMILES string of the molecule is CCOC(C)C(NN)C(C)CCOC. The molecule has 0 radical (unpaired) electrons. The van der Waals surface area contributed by atoms with E-state index in [1.807, 2.05) is 13.8 Å². The first-order chi connectivity index (χ1) is 6.67. The highest BCUT2D eigenvalue weighted by molar-refractivity contribution is 4.77. The summed E-state index contributed by atoms with van der Waals surface area (Å²) >= 11 is 0. The number of nitrogens with one attached hydrogen (secondary N) is 1. The Labute approximate surface area is 87.1 Å². The van der Waals surface area contributed by atoms with Crippen molar-refractivity contribution in [3.63, 3.8) is 0 Å². The molecule has 4 heteroatoms. The fourth-order valence-corrected chi connectivity index (χ4v) is 1.61. The number of hydrazine groups is 1. The Balaban J connectivity index is 3.96. The predicted molar refractivity (Wildman–Crippen MR) is 57.9 cm³/mol. The van der Waals surface area contributed by atoms with E-state index in [0.717, 1.165) is 19.6 Å². The Morgan fingerprint density at radius 3 is 2.43 bits per heavy atom. The molecule has 0 rings (SSSR count). The van der Waals surface area contributed by atoms with Crippen LogP contribution >= 0.6 is 0 Å². The van der Waals surface area contributed by atoms with Gasteiger partial charge in [0.2, 0.25) is 0 Å². The lowest BCUT2D eigenvalue weighted by molar-refractivity contribution is 0.0272. The molecule has 0 aliphatic carbocycles. The van der Waals surface area contributed by atoms with Crippen LogP contribution in [-0.4, -0.2) is 32.5 Å². The second-order valence-electron chi connectivity index (χ2n) is 3.61. The van der Waals surface area contributed by atoms with Gasteiger partial charge in [-0.05, 0) is 26.2 Å². The first-order valence-corrected chi connectivity index (χ1v) is 5.24. The number of methoxy groups -OCH3 is 1. The lowest BCUT2D eigenvalue weighted by Gasteiger charge is -2.28. The van der Waals surface area contributed by atoms with Crippen molar-refractivity contribution in [3.8, 4) is 0 Å². The van der Waals surface area contributed by atoms with Gasteiger partial charge in [-0.2, -0.15) is 0 Å². The minimum absolute atomic E-state index is 0.136. The van der Waals surface area contributed by atoms with E-state index in [2.05, 4.69) is 12.3 Å². The Hall–Kier alpha value is -0.160. The Bertz CT molecular complexity index is 133. The molecule has 0 bridgehead atoms. The van der Waals surface area contributed by atoms with Crippen molar-refractivity contribution in [1.29, 1.82) is 0 Å². The molecule has 86 valence electrons. The molecule has 0 saturated carbocycles. The first-order valence-electron chi connectivity index (χ1n) is 5.24. The van der Waals surface area contributed by atoms with E-state index < -0.39 is 0 Å². The van der Waals surface area contributed by atoms with Gasteiger partial charge in [-0.15, -0.1) is 0 Å². The van der Waals surface area contributed by atoms with Crippen LogP contribution in [0.4, 0.5) is 0 Å². The van der Waals surface area contributed by atoms with Crippen LogP contribution in [0, 0.1) is 5.92 Å². The van der Waals surface area contributed by atoms with E-state index >= 15 is 0 Å². The fourth-order valence-electron chi connectivity index (χ4n) is 1.61. The van der Waals surface area contributed by atoms with E-state index in [-0.39, 0.29) is 12.1 Å². The average molecular weight is 204 g/mol. The molecule has 0 saturated heterocycles. The molecule has 3 unspecified atom stereocenters. The Morgan fingerprint density at radius 1 is 1.36 bits per heavy atom. The third kappa shape index (κ3) is 4.91. The van der Waals surface area contributed by atoms with Crippen LogP contribution < -0.4 is 11.3 Å². The van der Waals surface area contributed by atoms with Crippen molar-refractivity contribution in [2.24, 2.45) is 11.8 Å². The van der Waals surface area contributed by atoms with Crippen molar-refractivity contribution < 1.29 is 9.47 Å². The molecule has 0 aromatic heterocycles. The maximum atomic E-state index is 5.51. The van der Waals surface area contributed by atoms with Crippen LogP contribution in [-0.2, 0) is 9.47 Å². The van der Waals surface area contributed by atoms with Crippen molar-refractivity contribution in [3.05, 3.63) is 0 Å². The second-order valence-corrected chi connectivity index (χ2v) is 3.61. The van der Waals surface area contributed by atoms with Crippen molar-refractivity contribution in [2.75, 3.05) is 20.3 Å². The van der Waals surface area contributed by atoms with Gasteiger partial charge in [0.1, 0.15) is 0 Å². The summed E-state index contributed by atoms with van der Waals surface area (Å²) in [6.45, 7) is 7.66. The zero-order valence-electron chi connectivity index (χ0n) is 9.75. The molecular formula is C10H24N2O2. The average Bonchev–Trinajstić information content (AvgIpc) is 2.16. The van der Waals surface area contributed by atoms with Gasteiger partial charge in [-0.25, -0.2) is 0 Å². The summed E-state index contributed by atoms with van der Waals surface area (Å²) in [4.78, 5) is 0. The highest BCUT2D eigenvalue weighted by atomic mass is 16.5. The maximum absolute atomic E-state index is 5.51. The van der Waals surface area contributed by atoms with Gasteiger partial charge in [0.15, 0.2) is 0 Å². The number of rotatable bonds is 8. The minimum atomic E-state index is 0.136. The zero-order chi connectivity index (χ0) is 11.0. The summed E-state index contributed by atoms with van der Waals surface area (Å²) in [5.74, 6) is 5.95. The molecule has 0 fully saturated rings. The summed E-state index contributed by atoms with van der Waals surface area (Å²) in [5.41, 5.74) is 2.81. The summed E-state index contributed by atoms with van der Waals surface area (Å²) in [7, 11) is 1.71. The smallest absolute Gasteiger partial charge is 0.0715 e. The second kappa shape index (κ2) is 8.17. The number of nitrogens with two attached hydrogens (primary N) is 1. The topological polar surface area (TPSA) is 56.5 Å². The summed E-state index contributed by atoms with van der Waals surface area (Å²) in [5, 5.41) is 0. The third-order valence-corrected chi connectivity index (χ3v) is 2.52. The minimum Gasteiger partial charge on any atom is -0.385 e. The van der Waals surface area contributed by atoms with Crippen LogP contribution in [0.15, 0.2) is 0 Å². The van der Waals surface area contributed by atoms with Crippen molar-refractivity contribution >= 4 is 0 Å². The summed E-state index contributed by atoms with van der Waals surface area (Å²) in [6, 6.07) is 0.185.